The van der Waals surface area contributed by atoms with E-state index in [1.54, 1.807) is 6.92 Å². The summed E-state index contributed by atoms with van der Waals surface area (Å²) < 4.78 is 0.782. The van der Waals surface area contributed by atoms with Crippen molar-refractivity contribution in [2.24, 2.45) is 0 Å². The monoisotopic (exact) mass is 521 g/mol. The molecule has 0 aliphatic carbocycles. The van der Waals surface area contributed by atoms with Crippen LogP contribution in [0.2, 0.25) is 0 Å². The summed E-state index contributed by atoms with van der Waals surface area (Å²) in [5.74, 6) is -0.263. The Hall–Kier alpha value is -3.48. The second-order valence-corrected chi connectivity index (χ2v) is 9.45. The van der Waals surface area contributed by atoms with E-state index in [4.69, 9.17) is 0 Å². The standard InChI is InChI=1S/C31H44N4O3/c1-3-4-5-6-7-8-9-10-11-12-13-14-15-16-17-18-19-22-30(36)34-23-20-21-28(34)24-33-31(37)29-25-32-27(2)26-35(29)38/h4-5,7-8,10-11,13-14,16-17,25-26,28H,3,6,9,12,15,18-24H2,1-2H3,(H-,32,33,37,38)/p+1/b5-4-,8-7-,11-10-,14-13-,17-16-/t28-/m1/s1. The van der Waals surface area contributed by atoms with Crippen molar-refractivity contribution in [2.75, 3.05) is 13.1 Å². The number of nitrogens with zero attached hydrogens (tertiary/aromatic N) is 3. The first-order valence-corrected chi connectivity index (χ1v) is 13.9. The van der Waals surface area contributed by atoms with Gasteiger partial charge < -0.3 is 10.2 Å². The molecular formula is C31H45N4O3+. The summed E-state index contributed by atoms with van der Waals surface area (Å²) in [5, 5.41) is 12.7. The van der Waals surface area contributed by atoms with Gasteiger partial charge in [0.05, 0.1) is 0 Å². The van der Waals surface area contributed by atoms with Crippen LogP contribution < -0.4 is 10.0 Å². The lowest BCUT2D eigenvalue weighted by molar-refractivity contribution is -0.906. The molecule has 7 nitrogen and oxygen atoms in total. The molecule has 0 aromatic carbocycles. The Labute approximate surface area is 228 Å². The van der Waals surface area contributed by atoms with Crippen LogP contribution in [0.25, 0.3) is 0 Å². The van der Waals surface area contributed by atoms with Crippen molar-refractivity contribution in [1.82, 2.24) is 15.2 Å². The second kappa shape index (κ2) is 18.7. The van der Waals surface area contributed by atoms with Crippen LogP contribution in [0, 0.1) is 6.92 Å². The van der Waals surface area contributed by atoms with Crippen LogP contribution >= 0.6 is 0 Å². The number of aromatic nitrogens is 2. The van der Waals surface area contributed by atoms with Gasteiger partial charge in [-0.15, -0.1) is 0 Å². The summed E-state index contributed by atoms with van der Waals surface area (Å²) in [6.07, 6.45) is 33.5. The van der Waals surface area contributed by atoms with E-state index < -0.39 is 5.91 Å². The van der Waals surface area contributed by atoms with Crippen molar-refractivity contribution >= 4 is 11.8 Å². The highest BCUT2D eigenvalue weighted by Crippen LogP contribution is 2.18. The Bertz CT molecular complexity index is 1010. The molecule has 0 saturated carbocycles. The fourth-order valence-corrected chi connectivity index (χ4v) is 4.23. The van der Waals surface area contributed by atoms with E-state index >= 15 is 0 Å². The molecule has 0 spiro atoms. The average molecular weight is 522 g/mol. The van der Waals surface area contributed by atoms with Crippen LogP contribution in [0.1, 0.15) is 87.3 Å². The fourth-order valence-electron chi connectivity index (χ4n) is 4.23. The van der Waals surface area contributed by atoms with E-state index in [9.17, 15) is 14.8 Å². The molecule has 0 radical (unpaired) electrons. The summed E-state index contributed by atoms with van der Waals surface area (Å²) in [6, 6.07) is -0.00861. The Morgan fingerprint density at radius 2 is 1.63 bits per heavy atom. The van der Waals surface area contributed by atoms with Gasteiger partial charge in [0.25, 0.3) is 0 Å². The first kappa shape index (κ1) is 30.7. The van der Waals surface area contributed by atoms with Gasteiger partial charge in [-0.3, -0.25) is 14.8 Å². The third-order valence-electron chi connectivity index (χ3n) is 6.29. The highest BCUT2D eigenvalue weighted by molar-refractivity contribution is 5.90. The number of allylic oxidation sites excluding steroid dienone is 10. The van der Waals surface area contributed by atoms with E-state index in [2.05, 4.69) is 78.0 Å². The smallest absolute Gasteiger partial charge is 0.339 e. The molecule has 1 aromatic heterocycles. The highest BCUT2D eigenvalue weighted by atomic mass is 16.5. The van der Waals surface area contributed by atoms with Crippen molar-refractivity contribution in [3.63, 3.8) is 0 Å². The fraction of sp³-hybridized carbons (Fsp3) is 0.484. The predicted octanol–water partition coefficient (Wildman–Crippen LogP) is 5.56. The number of hydrogen-bond donors (Lipinski definition) is 2. The zero-order valence-electron chi connectivity index (χ0n) is 23.1. The minimum Gasteiger partial charge on any atom is -0.345 e. The third kappa shape index (κ3) is 12.2. The van der Waals surface area contributed by atoms with Gasteiger partial charge in [0.1, 0.15) is 11.9 Å². The molecule has 1 aromatic rings. The molecule has 206 valence electrons. The van der Waals surface area contributed by atoms with Gasteiger partial charge in [-0.2, -0.15) is 0 Å². The quantitative estimate of drug-likeness (QED) is 0.129. The van der Waals surface area contributed by atoms with Crippen molar-refractivity contribution in [2.45, 2.75) is 84.1 Å². The van der Waals surface area contributed by atoms with Crippen LogP contribution in [0.3, 0.4) is 0 Å². The SMILES string of the molecule is CC/C=C\C/C=C\C/C=C\C/C=C\C/C=C\CCCC(=O)N1CCC[C@@H]1CNC(=O)c1cnc(C)c[n+]1O. The Morgan fingerprint density at radius 1 is 1.03 bits per heavy atom. The van der Waals surface area contributed by atoms with Crippen molar-refractivity contribution in [3.05, 3.63) is 84.5 Å². The molecule has 7 heteroatoms. The topological polar surface area (TPSA) is 86.4 Å². The Balaban J connectivity index is 1.57. The molecule has 2 N–H and O–H groups in total. The van der Waals surface area contributed by atoms with E-state index in [1.165, 1.54) is 12.4 Å². The molecule has 1 aliphatic heterocycles. The molecule has 1 fully saturated rings. The normalized spacial score (nSPS) is 16.3. The highest BCUT2D eigenvalue weighted by Gasteiger charge is 2.29. The van der Waals surface area contributed by atoms with Gasteiger partial charge in [-0.05, 0) is 64.7 Å². The maximum atomic E-state index is 12.7. The first-order chi connectivity index (χ1) is 18.5. The first-order valence-electron chi connectivity index (χ1n) is 13.9. The molecule has 2 heterocycles. The van der Waals surface area contributed by atoms with Gasteiger partial charge >= 0.3 is 11.6 Å². The average Bonchev–Trinajstić information content (AvgIpc) is 3.38. The maximum Gasteiger partial charge on any atom is 0.339 e. The van der Waals surface area contributed by atoms with Gasteiger partial charge in [0.15, 0.2) is 0 Å². The van der Waals surface area contributed by atoms with Gasteiger partial charge in [-0.25, -0.2) is 4.98 Å². The third-order valence-corrected chi connectivity index (χ3v) is 6.29. The van der Waals surface area contributed by atoms with Gasteiger partial charge in [-0.1, -0.05) is 67.7 Å². The molecule has 1 atom stereocenters. The number of unbranched alkanes of at least 4 members (excludes halogenated alkanes) is 1. The number of aryl methyl sites for hydroxylation is 1. The second-order valence-electron chi connectivity index (χ2n) is 9.45. The van der Waals surface area contributed by atoms with Gasteiger partial charge in [0.2, 0.25) is 12.1 Å². The number of carbonyl (C=O) groups excluding carboxylic acids is 2. The summed E-state index contributed by atoms with van der Waals surface area (Å²) in [6.45, 7) is 4.98. The van der Waals surface area contributed by atoms with Crippen LogP contribution in [-0.4, -0.2) is 46.0 Å². The van der Waals surface area contributed by atoms with Gasteiger partial charge in [0, 0.05) is 30.3 Å². The van der Waals surface area contributed by atoms with E-state index in [0.717, 1.165) is 69.1 Å². The lowest BCUT2D eigenvalue weighted by atomic mass is 10.1. The van der Waals surface area contributed by atoms with E-state index in [-0.39, 0.29) is 17.6 Å². The molecule has 2 rings (SSSR count). The summed E-state index contributed by atoms with van der Waals surface area (Å²) in [7, 11) is 0. The van der Waals surface area contributed by atoms with Crippen molar-refractivity contribution in [3.8, 4) is 0 Å². The summed E-state index contributed by atoms with van der Waals surface area (Å²) in [5.41, 5.74) is 0.685. The number of rotatable bonds is 16. The molecule has 1 aliphatic rings. The molecule has 0 unspecified atom stereocenters. The lowest BCUT2D eigenvalue weighted by Gasteiger charge is -2.24. The lowest BCUT2D eigenvalue weighted by Crippen LogP contribution is -2.46. The van der Waals surface area contributed by atoms with E-state index in [0.29, 0.717) is 18.7 Å². The Kier molecular flexibility index (Phi) is 15.1. The number of amides is 2. The number of nitrogens with one attached hydrogen (secondary N) is 1. The number of likely N-dealkylation sites (tertiary alicyclic amines) is 1. The predicted molar refractivity (Wildman–Crippen MR) is 152 cm³/mol. The minimum absolute atomic E-state index is 0.00861. The zero-order chi connectivity index (χ0) is 27.4. The van der Waals surface area contributed by atoms with Crippen LogP contribution in [0.4, 0.5) is 0 Å². The van der Waals surface area contributed by atoms with Crippen molar-refractivity contribution < 1.29 is 19.5 Å². The van der Waals surface area contributed by atoms with Crippen LogP contribution in [0.15, 0.2) is 73.2 Å². The molecule has 38 heavy (non-hydrogen) atoms. The number of hydrogen-bond acceptors (Lipinski definition) is 4. The molecule has 1 saturated heterocycles. The molecule has 0 bridgehead atoms. The molecular weight excluding hydrogens is 476 g/mol. The zero-order valence-corrected chi connectivity index (χ0v) is 23.1. The largest absolute Gasteiger partial charge is 0.345 e. The van der Waals surface area contributed by atoms with E-state index in [1.807, 2.05) is 4.90 Å². The summed E-state index contributed by atoms with van der Waals surface area (Å²) in [4.78, 5) is 31.1. The number of carbonyl (C=O) groups is 2. The van der Waals surface area contributed by atoms with Crippen molar-refractivity contribution in [1.29, 1.82) is 0 Å². The summed E-state index contributed by atoms with van der Waals surface area (Å²) >= 11 is 0. The van der Waals surface area contributed by atoms with Crippen LogP contribution in [0.5, 0.6) is 0 Å². The molecule has 2 amide bonds. The Morgan fingerprint density at radius 3 is 2.24 bits per heavy atom. The van der Waals surface area contributed by atoms with Crippen LogP contribution in [-0.2, 0) is 4.79 Å². The minimum atomic E-state index is -0.405. The maximum absolute atomic E-state index is 12.7.